The first-order valence-electron chi connectivity index (χ1n) is 16.0. The fraction of sp³-hybridized carbons (Fsp3) is 0.455. The number of nitrogens with zero attached hydrogens (tertiary/aromatic N) is 3. The third-order valence-electron chi connectivity index (χ3n) is 8.36. The second-order valence-electron chi connectivity index (χ2n) is 12.2. The predicted molar refractivity (Wildman–Crippen MR) is 179 cm³/mol. The average molecular weight is 799 g/mol. The van der Waals surface area contributed by atoms with E-state index in [-0.39, 0.29) is 64.0 Å². The Morgan fingerprint density at radius 2 is 1.75 bits per heavy atom. The van der Waals surface area contributed by atoms with Gasteiger partial charge in [-0.1, -0.05) is 29.3 Å². The Morgan fingerprint density at radius 1 is 1.08 bits per heavy atom. The number of ether oxygens (including phenoxy) is 4. The fourth-order valence-corrected chi connectivity index (χ4v) is 7.01. The van der Waals surface area contributed by atoms with Crippen molar-refractivity contribution < 1.29 is 58.8 Å². The molecule has 0 radical (unpaired) electrons. The summed E-state index contributed by atoms with van der Waals surface area (Å²) in [7, 11) is -4.05. The van der Waals surface area contributed by atoms with Gasteiger partial charge >= 0.3 is 18.8 Å². The topological polar surface area (TPSA) is 122 Å². The van der Waals surface area contributed by atoms with E-state index in [4.69, 9.17) is 37.4 Å². The number of rotatable bonds is 15. The lowest BCUT2D eigenvalue weighted by Crippen LogP contribution is -2.43. The van der Waals surface area contributed by atoms with E-state index in [1.165, 1.54) is 12.1 Å². The van der Waals surface area contributed by atoms with Gasteiger partial charge in [-0.2, -0.15) is 26.7 Å². The minimum absolute atomic E-state index is 0.0692. The molecular weight excluding hydrogens is 764 g/mol. The summed E-state index contributed by atoms with van der Waals surface area (Å²) < 4.78 is 118. The third kappa shape index (κ3) is 10.5. The van der Waals surface area contributed by atoms with Crippen LogP contribution in [0.2, 0.25) is 10.0 Å². The van der Waals surface area contributed by atoms with Gasteiger partial charge in [0.2, 0.25) is 10.0 Å². The largest absolute Gasteiger partial charge is 0.619 e. The average Bonchev–Trinajstić information content (AvgIpc) is 3.89. The zero-order valence-electron chi connectivity index (χ0n) is 27.6. The molecule has 5 rings (SSSR count). The van der Waals surface area contributed by atoms with Gasteiger partial charge in [-0.05, 0) is 54.7 Å². The van der Waals surface area contributed by atoms with Crippen LogP contribution in [0.4, 0.5) is 27.6 Å². The molecule has 0 N–H and O–H groups in total. The molecule has 2 aliphatic rings. The minimum atomic E-state index is -5.07. The predicted octanol–water partition coefficient (Wildman–Crippen LogP) is 6.27. The van der Waals surface area contributed by atoms with Gasteiger partial charge in [-0.3, -0.25) is 9.21 Å². The van der Waals surface area contributed by atoms with Crippen molar-refractivity contribution in [3.8, 4) is 11.5 Å². The lowest BCUT2D eigenvalue weighted by atomic mass is 10.0. The molecule has 2 fully saturated rings. The molecular formula is C33H34Cl2F5N3O8S. The zero-order valence-corrected chi connectivity index (χ0v) is 29.9. The Labute approximate surface area is 306 Å². The fourth-order valence-electron chi connectivity index (χ4n) is 5.50. The van der Waals surface area contributed by atoms with Crippen molar-refractivity contribution in [2.45, 2.75) is 38.2 Å². The molecule has 1 aliphatic heterocycles. The number of esters is 1. The Balaban J connectivity index is 1.54. The van der Waals surface area contributed by atoms with Gasteiger partial charge in [0.1, 0.15) is 16.1 Å². The van der Waals surface area contributed by atoms with E-state index < -0.39 is 52.4 Å². The maximum atomic E-state index is 14.4. The van der Waals surface area contributed by atoms with Crippen molar-refractivity contribution in [2.24, 2.45) is 5.92 Å². The van der Waals surface area contributed by atoms with Gasteiger partial charge in [0.05, 0.1) is 42.9 Å². The normalized spacial score (nSPS) is 16.1. The molecule has 1 aliphatic carbocycles. The summed E-state index contributed by atoms with van der Waals surface area (Å²) in [6, 6.07) is 5.95. The first kappa shape index (κ1) is 39.6. The smallest absolute Gasteiger partial charge is 0.417 e. The van der Waals surface area contributed by atoms with Crippen molar-refractivity contribution in [2.75, 3.05) is 56.6 Å². The van der Waals surface area contributed by atoms with E-state index in [0.717, 1.165) is 54.0 Å². The standard InChI is InChI=1S/C33H34Cl2F5N3O8S/c1-52(46,47)43(9-8-41-10-12-48-13-11-41)22-5-6-25(33(38,39)40)23(15-22)31(44)50-29(16-24-26(34)17-42(45)18-27(24)35)21-4-7-28(51-32(36)37)30(14-21)49-19-20-2-3-20/h4-7,14-15,17-18,20,29,32H,2-3,8-13,16,19H2,1H3. The molecule has 2 aromatic carbocycles. The van der Waals surface area contributed by atoms with Gasteiger partial charge in [-0.25, -0.2) is 13.2 Å². The first-order chi connectivity index (χ1) is 24.5. The quantitative estimate of drug-likeness (QED) is 0.0758. The molecule has 0 bridgehead atoms. The summed E-state index contributed by atoms with van der Waals surface area (Å²) in [6.07, 6.45) is -2.41. The zero-order chi connectivity index (χ0) is 37.8. The molecule has 0 amide bonds. The number of halogens is 7. The number of alkyl halides is 5. The molecule has 1 unspecified atom stereocenters. The van der Waals surface area contributed by atoms with E-state index in [0.29, 0.717) is 37.1 Å². The van der Waals surface area contributed by atoms with E-state index in [2.05, 4.69) is 4.74 Å². The number of sulfonamides is 1. The van der Waals surface area contributed by atoms with Crippen LogP contribution in [0.1, 0.15) is 46.0 Å². The number of carbonyl (C=O) groups is 1. The Kier molecular flexibility index (Phi) is 12.6. The van der Waals surface area contributed by atoms with Crippen LogP contribution >= 0.6 is 23.2 Å². The summed E-state index contributed by atoms with van der Waals surface area (Å²) in [5.41, 5.74) is -2.47. The van der Waals surface area contributed by atoms with Crippen LogP contribution in [0, 0.1) is 11.1 Å². The van der Waals surface area contributed by atoms with Crippen molar-refractivity contribution in [3.05, 3.63) is 86.3 Å². The molecule has 2 heterocycles. The highest BCUT2D eigenvalue weighted by atomic mass is 35.5. The van der Waals surface area contributed by atoms with Crippen molar-refractivity contribution in [1.29, 1.82) is 0 Å². The van der Waals surface area contributed by atoms with Crippen LogP contribution in [-0.2, 0) is 32.1 Å². The number of anilines is 1. The molecule has 3 aromatic rings. The van der Waals surface area contributed by atoms with Crippen molar-refractivity contribution >= 4 is 44.9 Å². The molecule has 0 spiro atoms. The van der Waals surface area contributed by atoms with Gasteiger partial charge in [0, 0.05) is 38.2 Å². The van der Waals surface area contributed by atoms with Gasteiger partial charge in [0.25, 0.3) is 0 Å². The van der Waals surface area contributed by atoms with E-state index in [9.17, 15) is 40.4 Å². The Morgan fingerprint density at radius 3 is 2.35 bits per heavy atom. The summed E-state index contributed by atoms with van der Waals surface area (Å²) >= 11 is 12.6. The van der Waals surface area contributed by atoms with Crippen molar-refractivity contribution in [1.82, 2.24) is 4.90 Å². The number of morpholine rings is 1. The Bertz CT molecular complexity index is 1840. The lowest BCUT2D eigenvalue weighted by Gasteiger charge is -2.30. The van der Waals surface area contributed by atoms with Crippen LogP contribution < -0.4 is 18.5 Å². The number of benzene rings is 2. The maximum absolute atomic E-state index is 14.4. The number of carbonyl (C=O) groups excluding carboxylic acids is 1. The minimum Gasteiger partial charge on any atom is -0.619 e. The highest BCUT2D eigenvalue weighted by molar-refractivity contribution is 7.92. The molecule has 52 heavy (non-hydrogen) atoms. The number of hydrogen-bond acceptors (Lipinski definition) is 9. The second kappa shape index (κ2) is 16.6. The van der Waals surface area contributed by atoms with Gasteiger partial charge in [0.15, 0.2) is 23.9 Å². The highest BCUT2D eigenvalue weighted by Crippen LogP contribution is 2.40. The monoisotopic (exact) mass is 797 g/mol. The molecule has 1 saturated heterocycles. The summed E-state index contributed by atoms with van der Waals surface area (Å²) in [5.74, 6) is -1.80. The summed E-state index contributed by atoms with van der Waals surface area (Å²) in [5, 5.41) is 11.6. The van der Waals surface area contributed by atoms with Gasteiger partial charge < -0.3 is 24.2 Å². The van der Waals surface area contributed by atoms with E-state index >= 15 is 0 Å². The molecule has 284 valence electrons. The van der Waals surface area contributed by atoms with Crippen LogP contribution in [0.5, 0.6) is 11.5 Å². The third-order valence-corrected chi connectivity index (χ3v) is 10.2. The number of aromatic nitrogens is 1. The van der Waals surface area contributed by atoms with E-state index in [1.54, 1.807) is 0 Å². The van der Waals surface area contributed by atoms with Crippen LogP contribution in [0.15, 0.2) is 48.8 Å². The van der Waals surface area contributed by atoms with E-state index in [1.807, 2.05) is 4.90 Å². The van der Waals surface area contributed by atoms with Crippen LogP contribution in [0.25, 0.3) is 0 Å². The molecule has 1 aromatic heterocycles. The second-order valence-corrected chi connectivity index (χ2v) is 15.0. The van der Waals surface area contributed by atoms with Gasteiger partial charge in [-0.15, -0.1) is 0 Å². The summed E-state index contributed by atoms with van der Waals surface area (Å²) in [4.78, 5) is 15.8. The maximum Gasteiger partial charge on any atom is 0.417 e. The van der Waals surface area contributed by atoms with Crippen LogP contribution in [-0.4, -0.2) is 78.2 Å². The molecule has 11 nitrogen and oxygen atoms in total. The molecule has 19 heteroatoms. The SMILES string of the molecule is CS(=O)(=O)N(CCN1CCOCC1)c1ccc(C(F)(F)F)c(C(=O)OC(Cc2c(Cl)c[n+]([O-])cc2Cl)c2ccc(OC(F)F)c(OCC3CC3)c2)c1. The number of hydrogen-bond donors (Lipinski definition) is 0. The highest BCUT2D eigenvalue weighted by Gasteiger charge is 2.38. The lowest BCUT2D eigenvalue weighted by molar-refractivity contribution is -0.605. The summed E-state index contributed by atoms with van der Waals surface area (Å²) in [6.45, 7) is -1.03. The molecule has 1 saturated carbocycles. The number of pyridine rings is 1. The van der Waals surface area contributed by atoms with Crippen LogP contribution in [0.3, 0.4) is 0 Å². The molecule has 1 atom stereocenters. The Hall–Kier alpha value is -3.64. The first-order valence-corrected chi connectivity index (χ1v) is 18.6. The van der Waals surface area contributed by atoms with Crippen molar-refractivity contribution in [3.63, 3.8) is 0 Å².